The fraction of sp³-hybridized carbons (Fsp3) is 0.444. The minimum atomic E-state index is -0.661. The van der Waals surface area contributed by atoms with Crippen LogP contribution in [0.5, 0.6) is 5.75 Å². The predicted octanol–water partition coefficient (Wildman–Crippen LogP) is 3.29. The molecule has 132 valence electrons. The number of carbonyl (C=O) groups excluding carboxylic acids is 2. The molecule has 1 rings (SSSR count). The summed E-state index contributed by atoms with van der Waals surface area (Å²) in [6.07, 6.45) is 5.57. The first kappa shape index (κ1) is 19.5. The molecule has 6 nitrogen and oxygen atoms in total. The Morgan fingerprint density at radius 3 is 2.58 bits per heavy atom. The maximum absolute atomic E-state index is 11.7. The molecule has 0 spiro atoms. The second-order valence-electron chi connectivity index (χ2n) is 5.13. The SMILES string of the molecule is CCCCCCOc1cccc(N/C(=C/C(=O)OC)C(=O)OC)c1. The number of nitrogens with one attached hydrogen (secondary N) is 1. The number of rotatable bonds is 10. The zero-order valence-electron chi connectivity index (χ0n) is 14.5. The molecule has 0 saturated heterocycles. The molecule has 1 N–H and O–H groups in total. The van der Waals surface area contributed by atoms with Gasteiger partial charge >= 0.3 is 11.9 Å². The Hall–Kier alpha value is -2.50. The zero-order chi connectivity index (χ0) is 17.8. The number of carbonyl (C=O) groups is 2. The monoisotopic (exact) mass is 335 g/mol. The summed E-state index contributed by atoms with van der Waals surface area (Å²) in [5, 5.41) is 2.85. The molecular weight excluding hydrogens is 310 g/mol. The van der Waals surface area contributed by atoms with E-state index in [4.69, 9.17) is 4.74 Å². The molecule has 0 heterocycles. The van der Waals surface area contributed by atoms with Crippen molar-refractivity contribution in [1.29, 1.82) is 0 Å². The normalized spacial score (nSPS) is 10.9. The minimum Gasteiger partial charge on any atom is -0.494 e. The Kier molecular flexibility index (Phi) is 9.04. The summed E-state index contributed by atoms with van der Waals surface area (Å²) in [6, 6.07) is 7.16. The Labute approximate surface area is 142 Å². The lowest BCUT2D eigenvalue weighted by molar-refractivity contribution is -0.138. The average molecular weight is 335 g/mol. The van der Waals surface area contributed by atoms with Crippen LogP contribution in [0.2, 0.25) is 0 Å². The standard InChI is InChI=1S/C18H25NO5/c1-4-5-6-7-11-24-15-10-8-9-14(12-15)19-16(18(21)23-3)13-17(20)22-2/h8-10,12-13,19H,4-7,11H2,1-3H3/b16-13+. The van der Waals surface area contributed by atoms with Gasteiger partial charge in [0.25, 0.3) is 0 Å². The molecule has 0 amide bonds. The highest BCUT2D eigenvalue weighted by Gasteiger charge is 2.13. The van der Waals surface area contributed by atoms with Gasteiger partial charge in [0.2, 0.25) is 0 Å². The third-order valence-electron chi connectivity index (χ3n) is 3.25. The smallest absolute Gasteiger partial charge is 0.354 e. The van der Waals surface area contributed by atoms with Crippen molar-refractivity contribution in [2.75, 3.05) is 26.1 Å². The molecule has 0 unspecified atom stereocenters. The first-order valence-electron chi connectivity index (χ1n) is 7.98. The highest BCUT2D eigenvalue weighted by molar-refractivity contribution is 5.98. The van der Waals surface area contributed by atoms with Crippen LogP contribution in [0.1, 0.15) is 32.6 Å². The second kappa shape index (κ2) is 11.1. The van der Waals surface area contributed by atoms with E-state index in [1.165, 1.54) is 27.1 Å². The van der Waals surface area contributed by atoms with Gasteiger partial charge in [0.05, 0.1) is 26.9 Å². The number of hydrogen-bond acceptors (Lipinski definition) is 6. The number of methoxy groups -OCH3 is 2. The van der Waals surface area contributed by atoms with Crippen LogP contribution in [0, 0.1) is 0 Å². The van der Waals surface area contributed by atoms with Crippen LogP contribution in [0.3, 0.4) is 0 Å². The highest BCUT2D eigenvalue weighted by Crippen LogP contribution is 2.19. The van der Waals surface area contributed by atoms with E-state index >= 15 is 0 Å². The average Bonchev–Trinajstić information content (AvgIpc) is 2.60. The Morgan fingerprint density at radius 2 is 1.92 bits per heavy atom. The topological polar surface area (TPSA) is 73.9 Å². The van der Waals surface area contributed by atoms with Crippen molar-refractivity contribution in [3.63, 3.8) is 0 Å². The lowest BCUT2D eigenvalue weighted by Gasteiger charge is -2.11. The van der Waals surface area contributed by atoms with Gasteiger partial charge in [0.15, 0.2) is 0 Å². The summed E-state index contributed by atoms with van der Waals surface area (Å²) in [4.78, 5) is 23.1. The van der Waals surface area contributed by atoms with Crippen LogP contribution in [0.25, 0.3) is 0 Å². The van der Waals surface area contributed by atoms with Crippen molar-refractivity contribution in [3.05, 3.63) is 36.0 Å². The number of benzene rings is 1. The highest BCUT2D eigenvalue weighted by atomic mass is 16.5. The van der Waals surface area contributed by atoms with E-state index in [0.29, 0.717) is 18.0 Å². The molecule has 0 aromatic heterocycles. The summed E-state index contributed by atoms with van der Waals surface area (Å²) in [7, 11) is 2.48. The van der Waals surface area contributed by atoms with Gasteiger partial charge in [-0.3, -0.25) is 0 Å². The van der Waals surface area contributed by atoms with Crippen molar-refractivity contribution in [1.82, 2.24) is 0 Å². The van der Waals surface area contributed by atoms with Crippen LogP contribution in [-0.4, -0.2) is 32.8 Å². The van der Waals surface area contributed by atoms with E-state index < -0.39 is 11.9 Å². The van der Waals surface area contributed by atoms with Crippen molar-refractivity contribution in [3.8, 4) is 5.75 Å². The van der Waals surface area contributed by atoms with E-state index in [2.05, 4.69) is 21.7 Å². The quantitative estimate of drug-likeness (QED) is 0.402. The molecule has 0 bridgehead atoms. The lowest BCUT2D eigenvalue weighted by Crippen LogP contribution is -2.15. The first-order valence-corrected chi connectivity index (χ1v) is 7.98. The lowest BCUT2D eigenvalue weighted by atomic mass is 10.2. The Morgan fingerprint density at radius 1 is 1.12 bits per heavy atom. The predicted molar refractivity (Wildman–Crippen MR) is 91.8 cm³/mol. The summed E-state index contributed by atoms with van der Waals surface area (Å²) in [5.41, 5.74) is 0.603. The maximum Gasteiger partial charge on any atom is 0.354 e. The molecule has 0 saturated carbocycles. The second-order valence-corrected chi connectivity index (χ2v) is 5.13. The summed E-state index contributed by atoms with van der Waals surface area (Å²) in [5.74, 6) is -0.615. The van der Waals surface area contributed by atoms with Gasteiger partial charge < -0.3 is 19.5 Å². The first-order chi connectivity index (χ1) is 11.6. The van der Waals surface area contributed by atoms with Gasteiger partial charge in [-0.15, -0.1) is 0 Å². The third-order valence-corrected chi connectivity index (χ3v) is 3.25. The third kappa shape index (κ3) is 7.17. The van der Waals surface area contributed by atoms with Gasteiger partial charge in [-0.1, -0.05) is 32.3 Å². The number of hydrogen-bond donors (Lipinski definition) is 1. The fourth-order valence-electron chi connectivity index (χ4n) is 1.97. The molecule has 0 aliphatic carbocycles. The number of anilines is 1. The van der Waals surface area contributed by atoms with Gasteiger partial charge in [0, 0.05) is 11.8 Å². The van der Waals surface area contributed by atoms with Crippen molar-refractivity contribution < 1.29 is 23.8 Å². The molecule has 0 aliphatic heterocycles. The number of unbranched alkanes of at least 4 members (excludes halogenated alkanes) is 3. The fourth-order valence-corrected chi connectivity index (χ4v) is 1.97. The van der Waals surface area contributed by atoms with Crippen LogP contribution in [-0.2, 0) is 19.1 Å². The largest absolute Gasteiger partial charge is 0.494 e. The molecule has 1 aromatic carbocycles. The molecule has 24 heavy (non-hydrogen) atoms. The summed E-state index contributed by atoms with van der Waals surface area (Å²) >= 11 is 0. The zero-order valence-corrected chi connectivity index (χ0v) is 14.5. The van der Waals surface area contributed by atoms with E-state index in [0.717, 1.165) is 18.9 Å². The van der Waals surface area contributed by atoms with Crippen LogP contribution >= 0.6 is 0 Å². The molecule has 0 radical (unpaired) electrons. The van der Waals surface area contributed by atoms with Crippen molar-refractivity contribution in [2.45, 2.75) is 32.6 Å². The van der Waals surface area contributed by atoms with Gasteiger partial charge in [-0.25, -0.2) is 9.59 Å². The maximum atomic E-state index is 11.7. The molecule has 0 fully saturated rings. The van der Waals surface area contributed by atoms with E-state index in [9.17, 15) is 9.59 Å². The minimum absolute atomic E-state index is 0.00977. The molecule has 0 atom stereocenters. The molecule has 1 aromatic rings. The summed E-state index contributed by atoms with van der Waals surface area (Å²) < 4.78 is 14.9. The van der Waals surface area contributed by atoms with Gasteiger partial charge in [-0.2, -0.15) is 0 Å². The van der Waals surface area contributed by atoms with Gasteiger partial charge in [0.1, 0.15) is 11.4 Å². The van der Waals surface area contributed by atoms with Crippen LogP contribution < -0.4 is 10.1 Å². The molecule has 6 heteroatoms. The van der Waals surface area contributed by atoms with E-state index in [1.54, 1.807) is 18.2 Å². The van der Waals surface area contributed by atoms with Crippen LogP contribution in [0.4, 0.5) is 5.69 Å². The van der Waals surface area contributed by atoms with E-state index in [1.807, 2.05) is 6.07 Å². The van der Waals surface area contributed by atoms with E-state index in [-0.39, 0.29) is 5.70 Å². The van der Waals surface area contributed by atoms with Crippen molar-refractivity contribution >= 4 is 17.6 Å². The Balaban J connectivity index is 2.71. The molecular formula is C18H25NO5. The Bertz CT molecular complexity index is 568. The van der Waals surface area contributed by atoms with Crippen LogP contribution in [0.15, 0.2) is 36.0 Å². The summed E-state index contributed by atoms with van der Waals surface area (Å²) in [6.45, 7) is 2.81. The molecule has 0 aliphatic rings. The van der Waals surface area contributed by atoms with Crippen molar-refractivity contribution in [2.24, 2.45) is 0 Å². The van der Waals surface area contributed by atoms with Gasteiger partial charge in [-0.05, 0) is 18.6 Å². The number of ether oxygens (including phenoxy) is 3. The number of esters is 2.